The second-order valence-corrected chi connectivity index (χ2v) is 6.62. The van der Waals surface area contributed by atoms with Crippen LogP contribution in [0.1, 0.15) is 18.4 Å². The lowest BCUT2D eigenvalue weighted by molar-refractivity contribution is -0.131. The fourth-order valence-corrected chi connectivity index (χ4v) is 3.60. The Balaban J connectivity index is 1.61. The van der Waals surface area contributed by atoms with Crippen molar-refractivity contribution in [1.29, 1.82) is 0 Å². The van der Waals surface area contributed by atoms with Crippen LogP contribution in [-0.4, -0.2) is 61.1 Å². The van der Waals surface area contributed by atoms with Crippen LogP contribution in [0.15, 0.2) is 18.2 Å². The number of morpholine rings is 1. The van der Waals surface area contributed by atoms with E-state index in [1.54, 1.807) is 6.07 Å². The van der Waals surface area contributed by atoms with Crippen LogP contribution in [-0.2, 0) is 16.0 Å². The number of halogens is 2. The van der Waals surface area contributed by atoms with Crippen molar-refractivity contribution in [2.45, 2.75) is 25.3 Å². The third-order valence-corrected chi connectivity index (χ3v) is 4.98. The molecule has 23 heavy (non-hydrogen) atoms. The third-order valence-electron chi connectivity index (χ3n) is 4.63. The highest BCUT2D eigenvalue weighted by atomic mass is 35.5. The Morgan fingerprint density at radius 2 is 2.09 bits per heavy atom. The van der Waals surface area contributed by atoms with Crippen LogP contribution >= 0.6 is 11.6 Å². The minimum atomic E-state index is -0.377. The first-order valence-electron chi connectivity index (χ1n) is 8.17. The number of hydrogen-bond acceptors (Lipinski definition) is 3. The van der Waals surface area contributed by atoms with E-state index in [0.717, 1.165) is 52.2 Å². The Morgan fingerprint density at radius 3 is 2.83 bits per heavy atom. The smallest absolute Gasteiger partial charge is 0.227 e. The molecular weight excluding hydrogens is 319 g/mol. The lowest BCUT2D eigenvalue weighted by Crippen LogP contribution is -2.47. The molecule has 2 fully saturated rings. The average molecular weight is 341 g/mol. The summed E-state index contributed by atoms with van der Waals surface area (Å²) in [5, 5.41) is 0.322. The van der Waals surface area contributed by atoms with Gasteiger partial charge in [0.2, 0.25) is 5.91 Å². The summed E-state index contributed by atoms with van der Waals surface area (Å²) in [7, 11) is 0. The SMILES string of the molecule is O=C(Cc1ccc(F)cc1Cl)N1CCC[C@H]1CN1CCOCC1. The predicted molar refractivity (Wildman–Crippen MR) is 87.1 cm³/mol. The zero-order chi connectivity index (χ0) is 16.2. The lowest BCUT2D eigenvalue weighted by atomic mass is 10.1. The second-order valence-electron chi connectivity index (χ2n) is 6.21. The molecule has 4 nitrogen and oxygen atoms in total. The van der Waals surface area contributed by atoms with Crippen LogP contribution in [0, 0.1) is 5.82 Å². The van der Waals surface area contributed by atoms with E-state index in [1.807, 2.05) is 4.90 Å². The third kappa shape index (κ3) is 4.22. The fourth-order valence-electron chi connectivity index (χ4n) is 3.37. The summed E-state index contributed by atoms with van der Waals surface area (Å²) in [4.78, 5) is 17.0. The summed E-state index contributed by atoms with van der Waals surface area (Å²) < 4.78 is 18.5. The molecule has 0 bridgehead atoms. The number of likely N-dealkylation sites (tertiary alicyclic amines) is 1. The molecule has 2 aliphatic rings. The molecule has 2 heterocycles. The Bertz CT molecular complexity index is 564. The molecule has 3 rings (SSSR count). The summed E-state index contributed by atoms with van der Waals surface area (Å²) >= 11 is 6.04. The van der Waals surface area contributed by atoms with Gasteiger partial charge in [0.25, 0.3) is 0 Å². The van der Waals surface area contributed by atoms with Crippen molar-refractivity contribution in [2.75, 3.05) is 39.4 Å². The van der Waals surface area contributed by atoms with Crippen molar-refractivity contribution >= 4 is 17.5 Å². The van der Waals surface area contributed by atoms with Gasteiger partial charge in [-0.1, -0.05) is 17.7 Å². The van der Waals surface area contributed by atoms with Gasteiger partial charge in [0.15, 0.2) is 0 Å². The Hall–Kier alpha value is -1.17. The van der Waals surface area contributed by atoms with Crippen LogP contribution in [0.3, 0.4) is 0 Å². The number of hydrogen-bond donors (Lipinski definition) is 0. The van der Waals surface area contributed by atoms with E-state index in [2.05, 4.69) is 4.90 Å². The first-order valence-corrected chi connectivity index (χ1v) is 8.55. The Kier molecular flexibility index (Phi) is 5.51. The number of benzene rings is 1. The first-order chi connectivity index (χ1) is 11.1. The molecule has 0 aliphatic carbocycles. The molecule has 2 saturated heterocycles. The van der Waals surface area contributed by atoms with Gasteiger partial charge in [-0.3, -0.25) is 9.69 Å². The molecule has 0 saturated carbocycles. The van der Waals surface area contributed by atoms with Gasteiger partial charge in [-0.2, -0.15) is 0 Å². The lowest BCUT2D eigenvalue weighted by Gasteiger charge is -2.33. The van der Waals surface area contributed by atoms with Crippen LogP contribution in [0.4, 0.5) is 4.39 Å². The number of carbonyl (C=O) groups is 1. The van der Waals surface area contributed by atoms with E-state index in [0.29, 0.717) is 10.6 Å². The van der Waals surface area contributed by atoms with E-state index < -0.39 is 0 Å². The number of ether oxygens (including phenoxy) is 1. The standard InChI is InChI=1S/C17H22ClFN2O2/c18-16-11-14(19)4-3-13(16)10-17(22)21-5-1-2-15(21)12-20-6-8-23-9-7-20/h3-4,11,15H,1-2,5-10,12H2/t15-/m0/s1. The molecular formula is C17H22ClFN2O2. The minimum absolute atomic E-state index is 0.0780. The predicted octanol–water partition coefficient (Wildman–Crippen LogP) is 2.34. The monoisotopic (exact) mass is 340 g/mol. The van der Waals surface area contributed by atoms with Gasteiger partial charge < -0.3 is 9.64 Å². The average Bonchev–Trinajstić information content (AvgIpc) is 2.99. The highest BCUT2D eigenvalue weighted by molar-refractivity contribution is 6.31. The van der Waals surface area contributed by atoms with E-state index >= 15 is 0 Å². The van der Waals surface area contributed by atoms with E-state index in [1.165, 1.54) is 12.1 Å². The molecule has 126 valence electrons. The molecule has 6 heteroatoms. The van der Waals surface area contributed by atoms with E-state index in [9.17, 15) is 9.18 Å². The van der Waals surface area contributed by atoms with Crippen molar-refractivity contribution in [1.82, 2.24) is 9.80 Å². The number of nitrogens with zero attached hydrogens (tertiary/aromatic N) is 2. The molecule has 0 aromatic heterocycles. The molecule has 1 aromatic carbocycles. The molecule has 1 amide bonds. The molecule has 0 unspecified atom stereocenters. The Labute approximate surface area is 141 Å². The number of rotatable bonds is 4. The summed E-state index contributed by atoms with van der Waals surface area (Å²) in [6.07, 6.45) is 2.32. The molecule has 2 aliphatic heterocycles. The zero-order valence-electron chi connectivity index (χ0n) is 13.1. The van der Waals surface area contributed by atoms with E-state index in [-0.39, 0.29) is 24.2 Å². The Morgan fingerprint density at radius 1 is 1.30 bits per heavy atom. The number of amides is 1. The summed E-state index contributed by atoms with van der Waals surface area (Å²) in [5.41, 5.74) is 0.690. The maximum Gasteiger partial charge on any atom is 0.227 e. The molecule has 0 spiro atoms. The van der Waals surface area contributed by atoms with Crippen molar-refractivity contribution < 1.29 is 13.9 Å². The normalized spacial score (nSPS) is 22.5. The highest BCUT2D eigenvalue weighted by Gasteiger charge is 2.30. The van der Waals surface area contributed by atoms with E-state index in [4.69, 9.17) is 16.3 Å². The topological polar surface area (TPSA) is 32.8 Å². The van der Waals surface area contributed by atoms with Crippen molar-refractivity contribution in [3.05, 3.63) is 34.6 Å². The maximum atomic E-state index is 13.1. The van der Waals surface area contributed by atoms with Crippen LogP contribution in [0.2, 0.25) is 5.02 Å². The van der Waals surface area contributed by atoms with Gasteiger partial charge in [0.05, 0.1) is 19.6 Å². The van der Waals surface area contributed by atoms with Gasteiger partial charge >= 0.3 is 0 Å². The quantitative estimate of drug-likeness (QED) is 0.843. The fraction of sp³-hybridized carbons (Fsp3) is 0.588. The zero-order valence-corrected chi connectivity index (χ0v) is 13.9. The first kappa shape index (κ1) is 16.7. The number of carbonyl (C=O) groups excluding carboxylic acids is 1. The van der Waals surface area contributed by atoms with Gasteiger partial charge in [-0.25, -0.2) is 4.39 Å². The minimum Gasteiger partial charge on any atom is -0.379 e. The van der Waals surface area contributed by atoms with Crippen LogP contribution in [0.25, 0.3) is 0 Å². The largest absolute Gasteiger partial charge is 0.379 e. The van der Waals surface area contributed by atoms with Gasteiger partial charge in [-0.15, -0.1) is 0 Å². The van der Waals surface area contributed by atoms with Crippen molar-refractivity contribution in [2.24, 2.45) is 0 Å². The van der Waals surface area contributed by atoms with Crippen molar-refractivity contribution in [3.63, 3.8) is 0 Å². The summed E-state index contributed by atoms with van der Waals surface area (Å²) in [6, 6.07) is 4.48. The van der Waals surface area contributed by atoms with Gasteiger partial charge in [0, 0.05) is 37.2 Å². The van der Waals surface area contributed by atoms with Gasteiger partial charge in [-0.05, 0) is 30.5 Å². The van der Waals surface area contributed by atoms with Gasteiger partial charge in [0.1, 0.15) is 5.82 Å². The van der Waals surface area contributed by atoms with Crippen LogP contribution < -0.4 is 0 Å². The summed E-state index contributed by atoms with van der Waals surface area (Å²) in [5.74, 6) is -0.299. The van der Waals surface area contributed by atoms with Crippen molar-refractivity contribution in [3.8, 4) is 0 Å². The molecule has 1 atom stereocenters. The second kappa shape index (κ2) is 7.60. The molecule has 0 radical (unpaired) electrons. The molecule has 0 N–H and O–H groups in total. The maximum absolute atomic E-state index is 13.1. The molecule has 1 aromatic rings. The summed E-state index contributed by atoms with van der Waals surface area (Å²) in [6.45, 7) is 5.11. The van der Waals surface area contributed by atoms with Crippen LogP contribution in [0.5, 0.6) is 0 Å². The highest BCUT2D eigenvalue weighted by Crippen LogP contribution is 2.23.